The van der Waals surface area contributed by atoms with Crippen LogP contribution >= 0.6 is 11.6 Å². The van der Waals surface area contributed by atoms with Crippen molar-refractivity contribution in [1.82, 2.24) is 0 Å². The van der Waals surface area contributed by atoms with Gasteiger partial charge in [-0.25, -0.2) is 4.39 Å². The average molecular weight is 233 g/mol. The fourth-order valence-corrected chi connectivity index (χ4v) is 1.50. The molecule has 1 aromatic rings. The molecular formula is C11H14ClFO2. The summed E-state index contributed by atoms with van der Waals surface area (Å²) in [5.41, 5.74) is -0.340. The van der Waals surface area contributed by atoms with Crippen molar-refractivity contribution in [2.24, 2.45) is 0 Å². The molecule has 1 N–H and O–H groups in total. The van der Waals surface area contributed by atoms with Crippen LogP contribution in [0.2, 0.25) is 5.02 Å². The second kappa shape index (κ2) is 4.47. The third kappa shape index (κ3) is 2.91. The van der Waals surface area contributed by atoms with Crippen molar-refractivity contribution in [3.05, 3.63) is 34.1 Å². The summed E-state index contributed by atoms with van der Waals surface area (Å²) in [5.74, 6) is -0.457. The zero-order valence-corrected chi connectivity index (χ0v) is 9.73. The van der Waals surface area contributed by atoms with Gasteiger partial charge in [-0.3, -0.25) is 0 Å². The topological polar surface area (TPSA) is 29.5 Å². The Morgan fingerprint density at radius 3 is 2.47 bits per heavy atom. The Morgan fingerprint density at radius 1 is 1.47 bits per heavy atom. The Balaban J connectivity index is 3.19. The van der Waals surface area contributed by atoms with E-state index in [1.165, 1.54) is 13.2 Å². The minimum Gasteiger partial charge on any atom is -0.386 e. The number of ether oxygens (including phenoxy) is 1. The van der Waals surface area contributed by atoms with Crippen LogP contribution in [0.15, 0.2) is 12.1 Å². The zero-order valence-electron chi connectivity index (χ0n) is 8.97. The van der Waals surface area contributed by atoms with Gasteiger partial charge in [-0.2, -0.15) is 0 Å². The van der Waals surface area contributed by atoms with Crippen molar-refractivity contribution in [3.8, 4) is 0 Å². The third-order valence-corrected chi connectivity index (χ3v) is 2.47. The van der Waals surface area contributed by atoms with E-state index in [4.69, 9.17) is 16.3 Å². The molecule has 1 aromatic carbocycles. The van der Waals surface area contributed by atoms with Crippen LogP contribution < -0.4 is 0 Å². The Kier molecular flexibility index (Phi) is 3.71. The van der Waals surface area contributed by atoms with Gasteiger partial charge in [0.15, 0.2) is 0 Å². The van der Waals surface area contributed by atoms with Gasteiger partial charge in [0.05, 0.1) is 12.2 Å². The highest BCUT2D eigenvalue weighted by atomic mass is 35.5. The lowest BCUT2D eigenvalue weighted by atomic mass is 9.97. The molecule has 0 fully saturated rings. The van der Waals surface area contributed by atoms with Gasteiger partial charge >= 0.3 is 0 Å². The van der Waals surface area contributed by atoms with Crippen LogP contribution in [0, 0.1) is 5.82 Å². The Bertz CT molecular complexity index is 335. The molecule has 0 aliphatic heterocycles. The van der Waals surface area contributed by atoms with Gasteiger partial charge in [-0.1, -0.05) is 11.6 Å². The van der Waals surface area contributed by atoms with Crippen molar-refractivity contribution in [2.75, 3.05) is 7.11 Å². The number of benzene rings is 1. The van der Waals surface area contributed by atoms with Crippen LogP contribution in [0.5, 0.6) is 0 Å². The zero-order chi connectivity index (χ0) is 11.6. The van der Waals surface area contributed by atoms with E-state index in [9.17, 15) is 9.50 Å². The maximum Gasteiger partial charge on any atom is 0.130 e. The van der Waals surface area contributed by atoms with E-state index in [2.05, 4.69) is 0 Å². The van der Waals surface area contributed by atoms with E-state index in [1.54, 1.807) is 19.9 Å². The number of halogens is 2. The molecule has 0 saturated heterocycles. The summed E-state index contributed by atoms with van der Waals surface area (Å²) in [4.78, 5) is 0. The van der Waals surface area contributed by atoms with Crippen LogP contribution in [0.1, 0.15) is 25.0 Å². The molecule has 0 radical (unpaired) electrons. The Labute approximate surface area is 93.6 Å². The SMILES string of the molecule is COCc1c(F)cc(C(C)(C)O)cc1Cl. The normalized spacial score (nSPS) is 11.9. The smallest absolute Gasteiger partial charge is 0.130 e. The summed E-state index contributed by atoms with van der Waals surface area (Å²) in [6, 6.07) is 2.83. The van der Waals surface area contributed by atoms with Crippen LogP contribution in [-0.2, 0) is 16.9 Å². The quantitative estimate of drug-likeness (QED) is 0.869. The maximum absolute atomic E-state index is 13.6. The van der Waals surface area contributed by atoms with Crippen molar-refractivity contribution >= 4 is 11.6 Å². The van der Waals surface area contributed by atoms with Gasteiger partial charge in [-0.15, -0.1) is 0 Å². The van der Waals surface area contributed by atoms with E-state index < -0.39 is 11.4 Å². The summed E-state index contributed by atoms with van der Waals surface area (Å²) in [6.45, 7) is 3.28. The highest BCUT2D eigenvalue weighted by Crippen LogP contribution is 2.28. The lowest BCUT2D eigenvalue weighted by molar-refractivity contribution is 0.0781. The van der Waals surface area contributed by atoms with Gasteiger partial charge in [-0.05, 0) is 31.5 Å². The molecule has 0 saturated carbocycles. The van der Waals surface area contributed by atoms with Gasteiger partial charge < -0.3 is 9.84 Å². The molecular weight excluding hydrogens is 219 g/mol. The van der Waals surface area contributed by atoms with Gasteiger partial charge in [0.25, 0.3) is 0 Å². The number of hydrogen-bond acceptors (Lipinski definition) is 2. The molecule has 15 heavy (non-hydrogen) atoms. The van der Waals surface area contributed by atoms with Crippen LogP contribution in [0.4, 0.5) is 4.39 Å². The number of methoxy groups -OCH3 is 1. The van der Waals surface area contributed by atoms with Crippen LogP contribution in [-0.4, -0.2) is 12.2 Å². The molecule has 0 aliphatic rings. The van der Waals surface area contributed by atoms with Crippen molar-refractivity contribution in [1.29, 1.82) is 0 Å². The minimum atomic E-state index is -1.10. The number of aliphatic hydroxyl groups is 1. The summed E-state index contributed by atoms with van der Waals surface area (Å²) in [5, 5.41) is 9.97. The molecule has 1 rings (SSSR count). The van der Waals surface area contributed by atoms with Gasteiger partial charge in [0.1, 0.15) is 5.82 Å². The molecule has 84 valence electrons. The fraction of sp³-hybridized carbons (Fsp3) is 0.455. The summed E-state index contributed by atoms with van der Waals surface area (Å²) >= 11 is 5.89. The second-order valence-corrected chi connectivity index (χ2v) is 4.32. The lowest BCUT2D eigenvalue weighted by Crippen LogP contribution is -2.16. The molecule has 0 spiro atoms. The molecule has 0 aliphatic carbocycles. The number of rotatable bonds is 3. The highest BCUT2D eigenvalue weighted by molar-refractivity contribution is 6.31. The van der Waals surface area contributed by atoms with Crippen molar-refractivity contribution in [3.63, 3.8) is 0 Å². The molecule has 0 heterocycles. The molecule has 0 unspecified atom stereocenters. The van der Waals surface area contributed by atoms with Gasteiger partial charge in [0, 0.05) is 17.7 Å². The monoisotopic (exact) mass is 232 g/mol. The van der Waals surface area contributed by atoms with Gasteiger partial charge in [0.2, 0.25) is 0 Å². The Morgan fingerprint density at radius 2 is 2.07 bits per heavy atom. The third-order valence-electron chi connectivity index (χ3n) is 2.14. The fourth-order valence-electron chi connectivity index (χ4n) is 1.24. The summed E-state index contributed by atoms with van der Waals surface area (Å²) in [6.07, 6.45) is 0. The predicted octanol–water partition coefficient (Wildman–Crippen LogP) is 2.85. The second-order valence-electron chi connectivity index (χ2n) is 3.91. The first kappa shape index (κ1) is 12.4. The molecule has 0 bridgehead atoms. The molecule has 2 nitrogen and oxygen atoms in total. The standard InChI is InChI=1S/C11H14ClFO2/c1-11(2,14)7-4-9(12)8(6-15-3)10(13)5-7/h4-5,14H,6H2,1-3H3. The van der Waals surface area contributed by atoms with E-state index in [0.717, 1.165) is 0 Å². The first-order chi connectivity index (χ1) is 6.86. The molecule has 0 amide bonds. The highest BCUT2D eigenvalue weighted by Gasteiger charge is 2.19. The summed E-state index contributed by atoms with van der Waals surface area (Å²) < 4.78 is 18.4. The molecule has 0 atom stereocenters. The van der Waals surface area contributed by atoms with Crippen molar-refractivity contribution < 1.29 is 14.2 Å². The van der Waals surface area contributed by atoms with Crippen LogP contribution in [0.25, 0.3) is 0 Å². The van der Waals surface area contributed by atoms with Crippen molar-refractivity contribution in [2.45, 2.75) is 26.1 Å². The minimum absolute atomic E-state index is 0.122. The summed E-state index contributed by atoms with van der Waals surface area (Å²) in [7, 11) is 1.47. The first-order valence-corrected chi connectivity index (χ1v) is 4.93. The first-order valence-electron chi connectivity index (χ1n) is 4.56. The largest absolute Gasteiger partial charge is 0.386 e. The van der Waals surface area contributed by atoms with E-state index in [-0.39, 0.29) is 11.6 Å². The predicted molar refractivity (Wildman–Crippen MR) is 57.4 cm³/mol. The van der Waals surface area contributed by atoms with E-state index >= 15 is 0 Å². The van der Waals surface area contributed by atoms with Crippen LogP contribution in [0.3, 0.4) is 0 Å². The molecule has 0 aromatic heterocycles. The Hall–Kier alpha value is -0.640. The van der Waals surface area contributed by atoms with E-state index in [1.807, 2.05) is 0 Å². The number of hydrogen-bond donors (Lipinski definition) is 1. The molecule has 4 heteroatoms. The maximum atomic E-state index is 13.6. The average Bonchev–Trinajstić information content (AvgIpc) is 2.09. The lowest BCUT2D eigenvalue weighted by Gasteiger charge is -2.19. The van der Waals surface area contributed by atoms with E-state index in [0.29, 0.717) is 11.1 Å².